The number of rotatable bonds is 4. The number of alkyl halides is 6. The maximum absolute atomic E-state index is 12.5. The van der Waals surface area contributed by atoms with Crippen molar-refractivity contribution in [3.8, 4) is 0 Å². The zero-order valence-corrected chi connectivity index (χ0v) is 10.7. The van der Waals surface area contributed by atoms with Gasteiger partial charge in [0.05, 0.1) is 6.04 Å². The summed E-state index contributed by atoms with van der Waals surface area (Å²) in [4.78, 5) is 0. The Morgan fingerprint density at radius 3 is 1.95 bits per heavy atom. The predicted octanol–water partition coefficient (Wildman–Crippen LogP) is 3.42. The molecule has 0 saturated heterocycles. The molecule has 0 spiro atoms. The predicted molar refractivity (Wildman–Crippen MR) is 56.9 cm³/mol. The molecule has 0 bridgehead atoms. The van der Waals surface area contributed by atoms with Crippen LogP contribution in [0.25, 0.3) is 0 Å². The third kappa shape index (κ3) is 4.03. The first-order valence-corrected chi connectivity index (χ1v) is 6.09. The number of hydrogen-bond donors (Lipinski definition) is 1. The van der Waals surface area contributed by atoms with Crippen molar-refractivity contribution in [2.45, 2.75) is 38.2 Å². The van der Waals surface area contributed by atoms with Crippen molar-refractivity contribution >= 4 is 11.3 Å². The lowest BCUT2D eigenvalue weighted by Gasteiger charge is -2.20. The minimum atomic E-state index is -5.43. The molecule has 1 atom stereocenters. The van der Waals surface area contributed by atoms with Crippen LogP contribution in [0, 0.1) is 0 Å². The van der Waals surface area contributed by atoms with Crippen molar-refractivity contribution in [1.82, 2.24) is 15.5 Å². The molecule has 0 saturated carbocycles. The highest BCUT2D eigenvalue weighted by Crippen LogP contribution is 2.47. The first kappa shape index (κ1) is 16.2. The van der Waals surface area contributed by atoms with E-state index in [-0.39, 0.29) is 5.01 Å². The minimum Gasteiger partial charge on any atom is -0.308 e. The highest BCUT2D eigenvalue weighted by molar-refractivity contribution is 7.11. The molecule has 110 valence electrons. The number of aromatic nitrogens is 2. The second-order valence-electron chi connectivity index (χ2n) is 3.77. The lowest BCUT2D eigenvalue weighted by molar-refractivity contribution is -0.253. The summed E-state index contributed by atoms with van der Waals surface area (Å²) < 4.78 is 74.8. The molecule has 1 heterocycles. The van der Waals surface area contributed by atoms with E-state index in [1.807, 2.05) is 0 Å². The van der Waals surface area contributed by atoms with E-state index >= 15 is 0 Å². The van der Waals surface area contributed by atoms with Crippen molar-refractivity contribution in [2.75, 3.05) is 6.54 Å². The van der Waals surface area contributed by atoms with Gasteiger partial charge in [-0.2, -0.15) is 26.3 Å². The normalized spacial score (nSPS) is 15.0. The third-order valence-electron chi connectivity index (χ3n) is 2.24. The summed E-state index contributed by atoms with van der Waals surface area (Å²) in [6.45, 7) is 3.86. The Labute approximate surface area is 109 Å². The molecule has 0 radical (unpaired) electrons. The van der Waals surface area contributed by atoms with Gasteiger partial charge in [0.25, 0.3) is 0 Å². The van der Waals surface area contributed by atoms with Crippen LogP contribution in [-0.2, 0) is 0 Å². The summed E-state index contributed by atoms with van der Waals surface area (Å²) in [6.07, 6.45) is -10.9. The highest BCUT2D eigenvalue weighted by Gasteiger charge is 2.59. The minimum absolute atomic E-state index is 0.0929. The fraction of sp³-hybridized carbons (Fsp3) is 0.778. The molecular formula is C9H11F6N3S. The van der Waals surface area contributed by atoms with Crippen molar-refractivity contribution in [3.05, 3.63) is 10.0 Å². The summed E-state index contributed by atoms with van der Waals surface area (Å²) in [5.41, 5.74) is 0. The van der Waals surface area contributed by atoms with E-state index in [1.165, 1.54) is 0 Å². The van der Waals surface area contributed by atoms with Gasteiger partial charge in [-0.05, 0) is 13.5 Å². The Morgan fingerprint density at radius 2 is 1.53 bits per heavy atom. The maximum atomic E-state index is 12.5. The Morgan fingerprint density at radius 1 is 1.05 bits per heavy atom. The number of hydrogen-bond acceptors (Lipinski definition) is 4. The molecule has 0 amide bonds. The average molecular weight is 307 g/mol. The van der Waals surface area contributed by atoms with Crippen molar-refractivity contribution in [3.63, 3.8) is 0 Å². The molecule has 19 heavy (non-hydrogen) atoms. The van der Waals surface area contributed by atoms with Crippen LogP contribution < -0.4 is 5.32 Å². The molecule has 0 aliphatic heterocycles. The van der Waals surface area contributed by atoms with E-state index in [0.29, 0.717) is 17.9 Å². The van der Waals surface area contributed by atoms with Crippen LogP contribution in [0.15, 0.2) is 0 Å². The number of nitrogens with one attached hydrogen (secondary N) is 1. The maximum Gasteiger partial charge on any atom is 0.406 e. The summed E-state index contributed by atoms with van der Waals surface area (Å²) in [5.74, 6) is -3.58. The molecule has 10 heteroatoms. The van der Waals surface area contributed by atoms with Crippen LogP contribution in [0.1, 0.15) is 35.8 Å². The summed E-state index contributed by atoms with van der Waals surface area (Å²) in [5, 5.41) is 8.28. The molecule has 1 aromatic heterocycles. The fourth-order valence-electron chi connectivity index (χ4n) is 1.40. The zero-order chi connectivity index (χ0) is 14.8. The van der Waals surface area contributed by atoms with Gasteiger partial charge >= 0.3 is 12.4 Å². The highest BCUT2D eigenvalue weighted by atomic mass is 32.1. The molecule has 3 nitrogen and oxygen atoms in total. The van der Waals surface area contributed by atoms with Gasteiger partial charge in [0.2, 0.25) is 5.92 Å². The van der Waals surface area contributed by atoms with Gasteiger partial charge in [0, 0.05) is 0 Å². The average Bonchev–Trinajstić information content (AvgIpc) is 2.62. The Hall–Kier alpha value is -0.900. The smallest absolute Gasteiger partial charge is 0.308 e. The topological polar surface area (TPSA) is 37.8 Å². The molecule has 1 aromatic rings. The molecule has 0 aromatic carbocycles. The van der Waals surface area contributed by atoms with Gasteiger partial charge in [-0.1, -0.05) is 18.3 Å². The summed E-state index contributed by atoms with van der Waals surface area (Å²) in [7, 11) is 0. The zero-order valence-electron chi connectivity index (χ0n) is 9.93. The first-order valence-electron chi connectivity index (χ1n) is 5.27. The van der Waals surface area contributed by atoms with Gasteiger partial charge in [0.1, 0.15) is 10.0 Å². The lowest BCUT2D eigenvalue weighted by atomic mass is 10.1. The van der Waals surface area contributed by atoms with Crippen LogP contribution in [0.4, 0.5) is 26.3 Å². The molecule has 0 fully saturated rings. The molecular weight excluding hydrogens is 296 g/mol. The van der Waals surface area contributed by atoms with Crippen LogP contribution >= 0.6 is 11.3 Å². The monoisotopic (exact) mass is 307 g/mol. The van der Waals surface area contributed by atoms with Crippen molar-refractivity contribution in [1.29, 1.82) is 0 Å². The van der Waals surface area contributed by atoms with Crippen LogP contribution in [-0.4, -0.2) is 29.1 Å². The van der Waals surface area contributed by atoms with Gasteiger partial charge in [-0.15, -0.1) is 10.2 Å². The third-order valence-corrected chi connectivity index (χ3v) is 3.41. The SMILES string of the molecule is CCNC(C)c1nnc(C(C(F)(F)F)C(F)(F)F)s1. The van der Waals surface area contributed by atoms with Crippen molar-refractivity contribution < 1.29 is 26.3 Å². The van der Waals surface area contributed by atoms with Gasteiger partial charge in [-0.3, -0.25) is 0 Å². The fourth-order valence-corrected chi connectivity index (χ4v) is 2.42. The van der Waals surface area contributed by atoms with E-state index in [4.69, 9.17) is 0 Å². The van der Waals surface area contributed by atoms with Gasteiger partial charge < -0.3 is 5.32 Å². The summed E-state index contributed by atoms with van der Waals surface area (Å²) in [6, 6.07) is -0.446. The second kappa shape index (κ2) is 5.61. The molecule has 0 aliphatic rings. The van der Waals surface area contributed by atoms with Gasteiger partial charge in [-0.25, -0.2) is 0 Å². The molecule has 1 unspecified atom stereocenters. The molecule has 0 aliphatic carbocycles. The lowest BCUT2D eigenvalue weighted by Crippen LogP contribution is -2.34. The second-order valence-corrected chi connectivity index (χ2v) is 4.81. The van der Waals surface area contributed by atoms with Crippen molar-refractivity contribution in [2.24, 2.45) is 0 Å². The largest absolute Gasteiger partial charge is 0.406 e. The van der Waals surface area contributed by atoms with Crippen LogP contribution in [0.5, 0.6) is 0 Å². The standard InChI is InChI=1S/C9H11F6N3S/c1-3-16-4(2)6-17-18-7(19-6)5(8(10,11)12)9(13,14)15/h4-5,16H,3H2,1-2H3. The number of nitrogens with zero attached hydrogens (tertiary/aromatic N) is 2. The van der Waals surface area contributed by atoms with E-state index in [1.54, 1.807) is 13.8 Å². The Balaban J connectivity index is 3.06. The quantitative estimate of drug-likeness (QED) is 0.866. The van der Waals surface area contributed by atoms with E-state index in [9.17, 15) is 26.3 Å². The van der Waals surface area contributed by atoms with Crippen LogP contribution in [0.2, 0.25) is 0 Å². The Kier molecular flexibility index (Phi) is 4.77. The summed E-state index contributed by atoms with van der Waals surface area (Å²) >= 11 is 0.318. The Bertz CT molecular complexity index is 399. The van der Waals surface area contributed by atoms with E-state index in [0.717, 1.165) is 0 Å². The van der Waals surface area contributed by atoms with E-state index in [2.05, 4.69) is 15.5 Å². The van der Waals surface area contributed by atoms with E-state index < -0.39 is 29.3 Å². The molecule has 1 N–H and O–H groups in total. The number of halogens is 6. The van der Waals surface area contributed by atoms with Crippen LogP contribution in [0.3, 0.4) is 0 Å². The van der Waals surface area contributed by atoms with Gasteiger partial charge in [0.15, 0.2) is 0 Å². The molecule has 1 rings (SSSR count). The first-order chi connectivity index (χ1) is 8.57.